The van der Waals surface area contributed by atoms with Gasteiger partial charge in [0, 0.05) is 12.8 Å². The maximum atomic E-state index is 12.2. The zero-order chi connectivity index (χ0) is 18.5. The van der Waals surface area contributed by atoms with Crippen molar-refractivity contribution in [2.45, 2.75) is 89.4 Å². The second kappa shape index (κ2) is 22.3. The van der Waals surface area contributed by atoms with E-state index in [1.54, 1.807) is 0 Å². The summed E-state index contributed by atoms with van der Waals surface area (Å²) in [5, 5.41) is -1.71. The Kier molecular flexibility index (Phi) is 30.9. The Labute approximate surface area is 232 Å². The van der Waals surface area contributed by atoms with E-state index in [0.29, 0.717) is 12.8 Å². The first-order valence-corrected chi connectivity index (χ1v) is 12.7. The van der Waals surface area contributed by atoms with Crippen LogP contribution in [-0.4, -0.2) is 11.6 Å². The molecule has 0 bridgehead atoms. The predicted octanol–water partition coefficient (Wildman–Crippen LogP) is -5.24. The smallest absolute Gasteiger partial charge is 0.810 e. The van der Waals surface area contributed by atoms with Gasteiger partial charge in [0.1, 0.15) is 0 Å². The molecule has 5 nitrogen and oxygen atoms in total. The molecule has 0 rings (SSSR count). The third kappa shape index (κ3) is 20.7. The fourth-order valence-electron chi connectivity index (χ4n) is 2.80. The molecule has 0 N–H and O–H groups in total. The van der Waals surface area contributed by atoms with Gasteiger partial charge in [0.25, 0.3) is 0 Å². The van der Waals surface area contributed by atoms with Crippen molar-refractivity contribution in [3.63, 3.8) is 0 Å². The SMILES string of the molecule is C=CCCCCCCCCCP(=O)([O-])C(CCCCC)P(=O)([O-])[O-].[Na+].[Na+].[Na+]. The second-order valence-electron chi connectivity index (χ2n) is 6.52. The van der Waals surface area contributed by atoms with Gasteiger partial charge in [-0.05, 0) is 31.8 Å². The van der Waals surface area contributed by atoms with Crippen LogP contribution >= 0.6 is 15.0 Å². The number of unbranched alkanes of at least 4 members (excludes halogenated alkanes) is 9. The summed E-state index contributed by atoms with van der Waals surface area (Å²) in [5.74, 6) is 0. The molecule has 0 saturated heterocycles. The summed E-state index contributed by atoms with van der Waals surface area (Å²) >= 11 is 0. The molecule has 0 radical (unpaired) electrons. The van der Waals surface area contributed by atoms with E-state index in [1.165, 1.54) is 0 Å². The molecule has 0 aromatic carbocycles. The molecule has 27 heavy (non-hydrogen) atoms. The molecule has 0 aliphatic heterocycles. The minimum absolute atomic E-state index is 0. The van der Waals surface area contributed by atoms with Gasteiger partial charge in [0.2, 0.25) is 0 Å². The molecular weight excluding hydrogens is 415 g/mol. The summed E-state index contributed by atoms with van der Waals surface area (Å²) in [6.07, 6.45) is 11.4. The second-order valence-corrected chi connectivity index (χ2v) is 11.2. The minimum atomic E-state index is -5.10. The van der Waals surface area contributed by atoms with Gasteiger partial charge in [-0.25, -0.2) is 0 Å². The van der Waals surface area contributed by atoms with Gasteiger partial charge in [-0.3, -0.25) is 0 Å². The molecule has 0 saturated carbocycles. The number of hydrogen-bond donors (Lipinski definition) is 0. The minimum Gasteiger partial charge on any atom is -0.810 e. The average Bonchev–Trinajstić information content (AvgIpc) is 2.48. The largest absolute Gasteiger partial charge is 1.00 e. The van der Waals surface area contributed by atoms with Gasteiger partial charge in [-0.1, -0.05) is 72.0 Å². The normalized spacial score (nSPS) is 14.1. The average molecular weight is 448 g/mol. The molecule has 2 atom stereocenters. The van der Waals surface area contributed by atoms with Crippen LogP contribution in [0.3, 0.4) is 0 Å². The maximum absolute atomic E-state index is 12.2. The van der Waals surface area contributed by atoms with E-state index < -0.39 is 20.4 Å². The van der Waals surface area contributed by atoms with Crippen molar-refractivity contribution in [1.82, 2.24) is 0 Å². The Balaban J connectivity index is -0.000000882. The molecule has 144 valence electrons. The summed E-state index contributed by atoms with van der Waals surface area (Å²) in [5.41, 5.74) is 0. The third-order valence-corrected chi connectivity index (χ3v) is 9.26. The molecule has 0 heterocycles. The molecule has 10 heteroatoms. The number of rotatable bonds is 16. The summed E-state index contributed by atoms with van der Waals surface area (Å²) in [4.78, 5) is 34.9. The molecule has 0 aromatic rings. The third-order valence-electron chi connectivity index (χ3n) is 4.26. The van der Waals surface area contributed by atoms with E-state index in [-0.39, 0.29) is 101 Å². The quantitative estimate of drug-likeness (QED) is 0.102. The van der Waals surface area contributed by atoms with Gasteiger partial charge in [-0.15, -0.1) is 6.58 Å². The predicted molar refractivity (Wildman–Crippen MR) is 95.1 cm³/mol. The van der Waals surface area contributed by atoms with E-state index in [4.69, 9.17) is 0 Å². The van der Waals surface area contributed by atoms with Crippen molar-refractivity contribution >= 4 is 15.0 Å². The van der Waals surface area contributed by atoms with Gasteiger partial charge < -0.3 is 23.8 Å². The van der Waals surface area contributed by atoms with Crippen LogP contribution < -0.4 is 103 Å². The Morgan fingerprint density at radius 1 is 0.815 bits per heavy atom. The van der Waals surface area contributed by atoms with Crippen molar-refractivity contribution in [3.05, 3.63) is 12.7 Å². The molecule has 2 unspecified atom stereocenters. The van der Waals surface area contributed by atoms with E-state index >= 15 is 0 Å². The molecule has 0 amide bonds. The first-order chi connectivity index (χ1) is 11.3. The Morgan fingerprint density at radius 3 is 1.74 bits per heavy atom. The fourth-order valence-corrected chi connectivity index (χ4v) is 6.91. The Bertz CT molecular complexity index is 433. The monoisotopic (exact) mass is 448 g/mol. The van der Waals surface area contributed by atoms with Gasteiger partial charge in [0.05, 0.1) is 0 Å². The zero-order valence-corrected chi connectivity index (χ0v) is 25.8. The maximum Gasteiger partial charge on any atom is 1.00 e. The molecule has 0 spiro atoms. The zero-order valence-electron chi connectivity index (χ0n) is 18.0. The Hall–Kier alpha value is 3.08. The van der Waals surface area contributed by atoms with E-state index in [1.807, 2.05) is 13.0 Å². The summed E-state index contributed by atoms with van der Waals surface area (Å²) in [6.45, 7) is 5.62. The van der Waals surface area contributed by atoms with Crippen LogP contribution in [-0.2, 0) is 9.13 Å². The van der Waals surface area contributed by atoms with Crippen LogP contribution in [0.4, 0.5) is 0 Å². The molecule has 0 aromatic heterocycles. The number of hydrogen-bond acceptors (Lipinski definition) is 5. The molecular formula is C17H33Na3O5P2. The number of allylic oxidation sites excluding steroid dienone is 1. The van der Waals surface area contributed by atoms with Crippen molar-refractivity contribution in [3.8, 4) is 0 Å². The summed E-state index contributed by atoms with van der Waals surface area (Å²) < 4.78 is 23.6. The van der Waals surface area contributed by atoms with Crippen LogP contribution in [0.1, 0.15) is 84.0 Å². The van der Waals surface area contributed by atoms with Crippen molar-refractivity contribution in [2.24, 2.45) is 0 Å². The van der Waals surface area contributed by atoms with Gasteiger partial charge in [-0.2, -0.15) is 0 Å². The van der Waals surface area contributed by atoms with Crippen LogP contribution in [0, 0.1) is 0 Å². The van der Waals surface area contributed by atoms with Crippen molar-refractivity contribution in [1.29, 1.82) is 0 Å². The molecule has 0 aliphatic carbocycles. The molecule has 0 aliphatic rings. The van der Waals surface area contributed by atoms with Crippen molar-refractivity contribution < 1.29 is 112 Å². The van der Waals surface area contributed by atoms with E-state index in [2.05, 4.69) is 6.58 Å². The first-order valence-electron chi connectivity index (χ1n) is 9.18. The van der Waals surface area contributed by atoms with E-state index in [9.17, 15) is 23.8 Å². The summed E-state index contributed by atoms with van der Waals surface area (Å²) in [7, 11) is -9.28. The van der Waals surface area contributed by atoms with Crippen LogP contribution in [0.25, 0.3) is 0 Å². The molecule has 0 fully saturated rings. The standard InChI is InChI=1S/C17H36O5P2.3Na/c1-3-5-7-8-9-10-11-12-14-16-23(18,19)17(24(20,21)22)15-13-6-4-2;;;/h3,17H,1,4-16H2,2H3,(H,18,19)(H2,20,21,22);;;/q;3*+1/p-3. The van der Waals surface area contributed by atoms with Gasteiger partial charge >= 0.3 is 88.7 Å². The Morgan fingerprint density at radius 2 is 1.30 bits per heavy atom. The van der Waals surface area contributed by atoms with Crippen LogP contribution in [0.2, 0.25) is 0 Å². The fraction of sp³-hybridized carbons (Fsp3) is 0.882. The van der Waals surface area contributed by atoms with Crippen LogP contribution in [0.15, 0.2) is 12.7 Å². The van der Waals surface area contributed by atoms with Crippen LogP contribution in [0.5, 0.6) is 0 Å². The topological polar surface area (TPSA) is 103 Å². The van der Waals surface area contributed by atoms with Gasteiger partial charge in [0.15, 0.2) is 0 Å². The van der Waals surface area contributed by atoms with E-state index in [0.717, 1.165) is 57.8 Å². The van der Waals surface area contributed by atoms with Crippen molar-refractivity contribution in [2.75, 3.05) is 6.16 Å². The summed E-state index contributed by atoms with van der Waals surface area (Å²) in [6, 6.07) is 0. The first kappa shape index (κ1) is 37.4.